The Labute approximate surface area is 124 Å². The molecule has 0 saturated carbocycles. The molecule has 0 aliphatic carbocycles. The van der Waals surface area contributed by atoms with Crippen LogP contribution in [0.3, 0.4) is 0 Å². The van der Waals surface area contributed by atoms with Crippen molar-refractivity contribution in [2.45, 2.75) is 13.0 Å². The molecule has 5 heteroatoms. The Hall–Kier alpha value is -1.88. The third-order valence-electron chi connectivity index (χ3n) is 2.71. The molecule has 2 aromatic rings. The van der Waals surface area contributed by atoms with E-state index in [1.165, 1.54) is 12.1 Å². The summed E-state index contributed by atoms with van der Waals surface area (Å²) in [5.41, 5.74) is 7.62. The molecule has 2 aromatic carbocycles. The molecule has 0 aromatic heterocycles. The number of carbonyl (C=O) groups excluding carboxylic acids is 1. The van der Waals surface area contributed by atoms with Crippen LogP contribution in [0, 0.1) is 5.82 Å². The Morgan fingerprint density at radius 3 is 2.70 bits per heavy atom. The second kappa shape index (κ2) is 6.52. The minimum atomic E-state index is -0.400. The topological polar surface area (TPSA) is 52.3 Å². The van der Waals surface area contributed by atoms with Gasteiger partial charge in [-0.3, -0.25) is 4.79 Å². The predicted molar refractivity (Wildman–Crippen MR) is 78.5 cm³/mol. The van der Waals surface area contributed by atoms with E-state index >= 15 is 0 Å². The summed E-state index contributed by atoms with van der Waals surface area (Å²) in [5.74, 6) is -0.777. The molecule has 0 bridgehead atoms. The van der Waals surface area contributed by atoms with Crippen LogP contribution in [-0.4, -0.2) is 5.97 Å². The molecule has 2 rings (SSSR count). The van der Waals surface area contributed by atoms with Crippen LogP contribution >= 0.6 is 15.9 Å². The Morgan fingerprint density at radius 1 is 1.25 bits per heavy atom. The van der Waals surface area contributed by atoms with Gasteiger partial charge in [0.15, 0.2) is 0 Å². The third kappa shape index (κ3) is 4.06. The maximum Gasteiger partial charge on any atom is 0.310 e. The summed E-state index contributed by atoms with van der Waals surface area (Å²) in [5, 5.41) is 0. The zero-order valence-electron chi connectivity index (χ0n) is 10.6. The largest absolute Gasteiger partial charge is 0.461 e. The molecule has 3 nitrogen and oxygen atoms in total. The van der Waals surface area contributed by atoms with Crippen LogP contribution in [0.5, 0.6) is 0 Å². The number of benzene rings is 2. The summed E-state index contributed by atoms with van der Waals surface area (Å²) in [6.07, 6.45) is 0.100. The molecule has 0 spiro atoms. The van der Waals surface area contributed by atoms with Crippen molar-refractivity contribution in [2.24, 2.45) is 0 Å². The lowest BCUT2D eigenvalue weighted by molar-refractivity contribution is -0.144. The van der Waals surface area contributed by atoms with Crippen LogP contribution < -0.4 is 5.73 Å². The van der Waals surface area contributed by atoms with Gasteiger partial charge in [-0.25, -0.2) is 4.39 Å². The highest BCUT2D eigenvalue weighted by Gasteiger charge is 2.08. The number of carbonyl (C=O) groups is 1. The summed E-state index contributed by atoms with van der Waals surface area (Å²) in [7, 11) is 0. The van der Waals surface area contributed by atoms with E-state index in [2.05, 4.69) is 15.9 Å². The summed E-state index contributed by atoms with van der Waals surface area (Å²) in [6, 6.07) is 11.5. The van der Waals surface area contributed by atoms with Crippen molar-refractivity contribution in [1.29, 1.82) is 0 Å². The Morgan fingerprint density at radius 2 is 2.00 bits per heavy atom. The number of nitrogen functional groups attached to an aromatic ring is 1. The normalized spacial score (nSPS) is 10.3. The fraction of sp³-hybridized carbons (Fsp3) is 0.133. The number of esters is 1. The molecule has 20 heavy (non-hydrogen) atoms. The van der Waals surface area contributed by atoms with Gasteiger partial charge in [-0.05, 0) is 35.4 Å². The van der Waals surface area contributed by atoms with E-state index in [-0.39, 0.29) is 18.8 Å². The number of hydrogen-bond donors (Lipinski definition) is 1. The third-order valence-corrected chi connectivity index (χ3v) is 3.17. The van der Waals surface area contributed by atoms with E-state index in [0.717, 1.165) is 5.56 Å². The van der Waals surface area contributed by atoms with Crippen molar-refractivity contribution in [3.8, 4) is 0 Å². The average Bonchev–Trinajstić information content (AvgIpc) is 2.38. The van der Waals surface area contributed by atoms with Crippen molar-refractivity contribution in [1.82, 2.24) is 0 Å². The molecule has 2 N–H and O–H groups in total. The number of anilines is 1. The number of para-hydroxylation sites is 1. The fourth-order valence-corrected chi connectivity index (χ4v) is 2.27. The molecule has 0 saturated heterocycles. The number of halogens is 2. The van der Waals surface area contributed by atoms with E-state index in [1.54, 1.807) is 24.3 Å². The van der Waals surface area contributed by atoms with Crippen molar-refractivity contribution >= 4 is 27.6 Å². The standard InChI is InChI=1S/C15H13BrFNO2/c16-12-5-10(6-13(17)8-12)9-20-15(19)7-11-3-1-2-4-14(11)18/h1-6,8H,7,9,18H2. The van der Waals surface area contributed by atoms with Crippen LogP contribution in [0.2, 0.25) is 0 Å². The number of rotatable bonds is 4. The number of hydrogen-bond acceptors (Lipinski definition) is 3. The van der Waals surface area contributed by atoms with Crippen molar-refractivity contribution in [3.05, 3.63) is 63.9 Å². The number of nitrogens with two attached hydrogens (primary N) is 1. The van der Waals surface area contributed by atoms with E-state index in [0.29, 0.717) is 15.7 Å². The van der Waals surface area contributed by atoms with E-state index in [1.807, 2.05) is 6.07 Å². The van der Waals surface area contributed by atoms with Gasteiger partial charge in [-0.15, -0.1) is 0 Å². The molecule has 0 amide bonds. The van der Waals surface area contributed by atoms with Gasteiger partial charge in [0.25, 0.3) is 0 Å². The first-order chi connectivity index (χ1) is 9.54. The Bertz CT molecular complexity index is 611. The lowest BCUT2D eigenvalue weighted by Crippen LogP contribution is -2.09. The minimum absolute atomic E-state index is 0.0297. The van der Waals surface area contributed by atoms with E-state index < -0.39 is 5.97 Å². The van der Waals surface area contributed by atoms with Gasteiger partial charge in [0.2, 0.25) is 0 Å². The molecule has 0 unspecified atom stereocenters. The van der Waals surface area contributed by atoms with Gasteiger partial charge in [-0.2, -0.15) is 0 Å². The summed E-state index contributed by atoms with van der Waals surface area (Å²) in [6.45, 7) is 0.0297. The molecule has 0 aliphatic rings. The fourth-order valence-electron chi connectivity index (χ4n) is 1.76. The molecule has 0 fully saturated rings. The molecule has 0 heterocycles. The van der Waals surface area contributed by atoms with Crippen molar-refractivity contribution < 1.29 is 13.9 Å². The van der Waals surface area contributed by atoms with Gasteiger partial charge in [0.1, 0.15) is 12.4 Å². The average molecular weight is 338 g/mol. The molecular formula is C15H13BrFNO2. The van der Waals surface area contributed by atoms with Crippen LogP contribution in [0.4, 0.5) is 10.1 Å². The molecule has 0 atom stereocenters. The monoisotopic (exact) mass is 337 g/mol. The molecule has 104 valence electrons. The van der Waals surface area contributed by atoms with Crippen molar-refractivity contribution in [3.63, 3.8) is 0 Å². The van der Waals surface area contributed by atoms with E-state index in [4.69, 9.17) is 10.5 Å². The minimum Gasteiger partial charge on any atom is -0.461 e. The number of ether oxygens (including phenoxy) is 1. The molecule has 0 aliphatic heterocycles. The SMILES string of the molecule is Nc1ccccc1CC(=O)OCc1cc(F)cc(Br)c1. The van der Waals surface area contributed by atoms with Crippen molar-refractivity contribution in [2.75, 3.05) is 5.73 Å². The zero-order chi connectivity index (χ0) is 14.5. The summed E-state index contributed by atoms with van der Waals surface area (Å²) < 4.78 is 18.9. The maximum absolute atomic E-state index is 13.2. The summed E-state index contributed by atoms with van der Waals surface area (Å²) >= 11 is 3.19. The van der Waals surface area contributed by atoms with Crippen LogP contribution in [0.25, 0.3) is 0 Å². The second-order valence-corrected chi connectivity index (χ2v) is 5.23. The lowest BCUT2D eigenvalue weighted by atomic mass is 10.1. The lowest BCUT2D eigenvalue weighted by Gasteiger charge is -2.07. The first-order valence-electron chi connectivity index (χ1n) is 5.98. The molecule has 0 radical (unpaired) electrons. The Kier molecular flexibility index (Phi) is 4.74. The smallest absolute Gasteiger partial charge is 0.310 e. The van der Waals surface area contributed by atoms with Gasteiger partial charge in [-0.1, -0.05) is 34.1 Å². The first-order valence-corrected chi connectivity index (χ1v) is 6.78. The highest BCUT2D eigenvalue weighted by molar-refractivity contribution is 9.10. The highest BCUT2D eigenvalue weighted by atomic mass is 79.9. The van der Waals surface area contributed by atoms with Gasteiger partial charge in [0.05, 0.1) is 6.42 Å². The highest BCUT2D eigenvalue weighted by Crippen LogP contribution is 2.16. The first kappa shape index (κ1) is 14.5. The van der Waals surface area contributed by atoms with Gasteiger partial charge < -0.3 is 10.5 Å². The van der Waals surface area contributed by atoms with E-state index in [9.17, 15) is 9.18 Å². The van der Waals surface area contributed by atoms with Gasteiger partial charge >= 0.3 is 5.97 Å². The maximum atomic E-state index is 13.2. The quantitative estimate of drug-likeness (QED) is 0.686. The predicted octanol–water partition coefficient (Wildman–Crippen LogP) is 3.46. The Balaban J connectivity index is 1.94. The molecular weight excluding hydrogens is 325 g/mol. The summed E-state index contributed by atoms with van der Waals surface area (Å²) in [4.78, 5) is 11.7. The van der Waals surface area contributed by atoms with Crippen LogP contribution in [0.1, 0.15) is 11.1 Å². The second-order valence-electron chi connectivity index (χ2n) is 4.31. The van der Waals surface area contributed by atoms with Crippen LogP contribution in [0.15, 0.2) is 46.9 Å². The zero-order valence-corrected chi connectivity index (χ0v) is 12.2. The van der Waals surface area contributed by atoms with Gasteiger partial charge in [0, 0.05) is 10.2 Å². The van der Waals surface area contributed by atoms with Crippen LogP contribution in [-0.2, 0) is 22.6 Å².